The van der Waals surface area contributed by atoms with Crippen LogP contribution in [-0.2, 0) is 14.3 Å². The number of hydrogen-bond acceptors (Lipinski definition) is 6. The van der Waals surface area contributed by atoms with E-state index in [1.807, 2.05) is 0 Å². The van der Waals surface area contributed by atoms with Gasteiger partial charge in [0, 0.05) is 19.6 Å². The molecule has 0 spiro atoms. The van der Waals surface area contributed by atoms with Crippen molar-refractivity contribution in [3.63, 3.8) is 0 Å². The third-order valence-corrected chi connectivity index (χ3v) is 2.55. The molecule has 1 amide bonds. The van der Waals surface area contributed by atoms with E-state index in [1.165, 1.54) is 6.92 Å². The molecule has 0 rings (SSSR count). The van der Waals surface area contributed by atoms with Crippen molar-refractivity contribution in [3.05, 3.63) is 0 Å². The average molecular weight is 281 g/mol. The molecule has 0 aromatic heterocycles. The number of ether oxygens (including phenoxy) is 2. The van der Waals surface area contributed by atoms with E-state index in [1.54, 1.807) is 13.8 Å². The van der Waals surface area contributed by atoms with Crippen LogP contribution in [0.2, 0.25) is 0 Å². The van der Waals surface area contributed by atoms with Gasteiger partial charge < -0.3 is 24.6 Å². The van der Waals surface area contributed by atoms with Crippen molar-refractivity contribution in [2.24, 2.45) is 5.92 Å². The minimum Gasteiger partial charge on any atom is -0.425 e. The summed E-state index contributed by atoms with van der Waals surface area (Å²) in [5, 5.41) is 2.41. The molecule has 0 aliphatic rings. The lowest BCUT2D eigenvalue weighted by molar-refractivity contribution is -0.168. The van der Waals surface area contributed by atoms with E-state index in [0.29, 0.717) is 6.42 Å². The molecule has 0 bridgehead atoms. The minimum atomic E-state index is -1.93. The Hall–Kier alpha value is -0.910. The van der Waals surface area contributed by atoms with Gasteiger partial charge in [0.05, 0.1) is 5.92 Å². The number of rotatable bonds is 7. The summed E-state index contributed by atoms with van der Waals surface area (Å²) in [7, 11) is -1.93. The molecule has 0 aliphatic heterocycles. The normalized spacial score (nSPS) is 12.4. The van der Waals surface area contributed by atoms with Crippen LogP contribution in [0.5, 0.6) is 0 Å². The molecular formula is C10H20NO6P. The quantitative estimate of drug-likeness (QED) is 0.278. The van der Waals surface area contributed by atoms with Gasteiger partial charge in [-0.3, -0.25) is 4.79 Å². The van der Waals surface area contributed by atoms with Gasteiger partial charge in [-0.2, -0.15) is 0 Å². The van der Waals surface area contributed by atoms with Crippen LogP contribution in [0.3, 0.4) is 0 Å². The van der Waals surface area contributed by atoms with Crippen LogP contribution in [0, 0.1) is 5.92 Å². The maximum Gasteiger partial charge on any atom is 0.410 e. The molecule has 0 radical (unpaired) electrons. The van der Waals surface area contributed by atoms with Crippen LogP contribution < -0.4 is 5.32 Å². The number of alkyl carbamates (subject to hydrolysis) is 1. The summed E-state index contributed by atoms with van der Waals surface area (Å²) in [6.45, 7) is 5.07. The van der Waals surface area contributed by atoms with Crippen molar-refractivity contribution in [3.8, 4) is 0 Å². The molecule has 18 heavy (non-hydrogen) atoms. The molecule has 0 saturated carbocycles. The van der Waals surface area contributed by atoms with Crippen molar-refractivity contribution in [1.82, 2.24) is 5.32 Å². The highest BCUT2D eigenvalue weighted by atomic mass is 31.2. The van der Waals surface area contributed by atoms with Gasteiger partial charge >= 0.3 is 12.1 Å². The summed E-state index contributed by atoms with van der Waals surface area (Å²) < 4.78 is 9.59. The molecule has 0 fully saturated rings. The van der Waals surface area contributed by atoms with Crippen LogP contribution in [0.25, 0.3) is 0 Å². The second-order valence-corrected chi connectivity index (χ2v) is 5.13. The third-order valence-electron chi connectivity index (χ3n) is 1.83. The predicted octanol–water partition coefficient (Wildman–Crippen LogP) is 0.944. The summed E-state index contributed by atoms with van der Waals surface area (Å²) in [4.78, 5) is 39.7. The average Bonchev–Trinajstić information content (AvgIpc) is 2.23. The lowest BCUT2D eigenvalue weighted by atomic mass is 10.2. The van der Waals surface area contributed by atoms with Crippen LogP contribution in [0.4, 0.5) is 4.79 Å². The number of carbonyl (C=O) groups is 2. The van der Waals surface area contributed by atoms with Crippen molar-refractivity contribution < 1.29 is 28.8 Å². The molecule has 7 nitrogen and oxygen atoms in total. The van der Waals surface area contributed by atoms with E-state index in [-0.39, 0.29) is 18.6 Å². The van der Waals surface area contributed by atoms with E-state index < -0.39 is 26.7 Å². The van der Waals surface area contributed by atoms with Crippen LogP contribution in [-0.4, -0.2) is 40.8 Å². The Bertz CT molecular complexity index is 271. The Kier molecular flexibility index (Phi) is 8.62. The predicted molar refractivity (Wildman–Crippen MR) is 65.7 cm³/mol. The molecule has 3 N–H and O–H groups in total. The van der Waals surface area contributed by atoms with Gasteiger partial charge in [0.25, 0.3) is 0 Å². The fraction of sp³-hybridized carbons (Fsp3) is 0.800. The summed E-state index contributed by atoms with van der Waals surface area (Å²) in [5.74, 6) is -0.728. The van der Waals surface area contributed by atoms with Gasteiger partial charge in [-0.1, -0.05) is 13.8 Å². The van der Waals surface area contributed by atoms with Gasteiger partial charge in [-0.15, -0.1) is 0 Å². The Balaban J connectivity index is 3.71. The molecule has 0 aromatic carbocycles. The second-order valence-electron chi connectivity index (χ2n) is 3.94. The first-order valence-electron chi connectivity index (χ1n) is 5.63. The van der Waals surface area contributed by atoms with Crippen LogP contribution >= 0.6 is 8.38 Å². The second kappa shape index (κ2) is 9.08. The lowest BCUT2D eigenvalue weighted by Crippen LogP contribution is -2.31. The first kappa shape index (κ1) is 17.1. The molecule has 106 valence electrons. The molecule has 1 unspecified atom stereocenters. The minimum absolute atomic E-state index is 0.230. The standard InChI is InChI=1S/C10H20NO6P/c1-7(2)9(12)16-8(3)17-10(13)11-5-4-6-18(14)15/h7-8,14-15H,4-6H2,1-3H3,(H,11,13). The Morgan fingerprint density at radius 2 is 1.83 bits per heavy atom. The summed E-state index contributed by atoms with van der Waals surface area (Å²) in [6.07, 6.45) is -0.992. The fourth-order valence-corrected chi connectivity index (χ4v) is 1.37. The highest BCUT2D eigenvalue weighted by molar-refractivity contribution is 7.45. The SMILES string of the molecule is CC(OC(=O)NCCCP(O)O)OC(=O)C(C)C. The first-order chi connectivity index (χ1) is 8.32. The highest BCUT2D eigenvalue weighted by Gasteiger charge is 2.16. The third kappa shape index (κ3) is 9.15. The van der Waals surface area contributed by atoms with Crippen LogP contribution in [0.1, 0.15) is 27.2 Å². The molecule has 8 heteroatoms. The number of nitrogens with one attached hydrogen (secondary N) is 1. The molecule has 0 aliphatic carbocycles. The van der Waals surface area contributed by atoms with E-state index in [4.69, 9.17) is 19.3 Å². The Morgan fingerprint density at radius 1 is 1.22 bits per heavy atom. The van der Waals surface area contributed by atoms with E-state index in [0.717, 1.165) is 0 Å². The zero-order chi connectivity index (χ0) is 14.1. The van der Waals surface area contributed by atoms with E-state index in [9.17, 15) is 9.59 Å². The summed E-state index contributed by atoms with van der Waals surface area (Å²) in [5.41, 5.74) is 0. The number of carbonyl (C=O) groups excluding carboxylic acids is 2. The number of esters is 1. The topological polar surface area (TPSA) is 105 Å². The maximum absolute atomic E-state index is 11.2. The fourth-order valence-electron chi connectivity index (χ4n) is 0.927. The molecule has 0 heterocycles. The van der Waals surface area contributed by atoms with Crippen molar-refractivity contribution in [2.45, 2.75) is 33.5 Å². The molecule has 1 atom stereocenters. The van der Waals surface area contributed by atoms with E-state index >= 15 is 0 Å². The monoisotopic (exact) mass is 281 g/mol. The lowest BCUT2D eigenvalue weighted by Gasteiger charge is -2.15. The number of amides is 1. The van der Waals surface area contributed by atoms with Gasteiger partial charge in [0.1, 0.15) is 0 Å². The number of hydrogen-bond donors (Lipinski definition) is 3. The first-order valence-corrected chi connectivity index (χ1v) is 7.06. The highest BCUT2D eigenvalue weighted by Crippen LogP contribution is 2.22. The smallest absolute Gasteiger partial charge is 0.410 e. The van der Waals surface area contributed by atoms with Gasteiger partial charge in [0.2, 0.25) is 6.29 Å². The van der Waals surface area contributed by atoms with Crippen LogP contribution in [0.15, 0.2) is 0 Å². The molecule has 0 saturated heterocycles. The van der Waals surface area contributed by atoms with Gasteiger partial charge in [0.15, 0.2) is 8.38 Å². The van der Waals surface area contributed by atoms with Crippen molar-refractivity contribution in [2.75, 3.05) is 12.7 Å². The zero-order valence-corrected chi connectivity index (χ0v) is 11.6. The Morgan fingerprint density at radius 3 is 2.33 bits per heavy atom. The molecular weight excluding hydrogens is 261 g/mol. The van der Waals surface area contributed by atoms with Crippen molar-refractivity contribution in [1.29, 1.82) is 0 Å². The largest absolute Gasteiger partial charge is 0.425 e. The molecule has 0 aromatic rings. The zero-order valence-electron chi connectivity index (χ0n) is 10.8. The Labute approximate surface area is 107 Å². The maximum atomic E-state index is 11.2. The van der Waals surface area contributed by atoms with E-state index in [2.05, 4.69) is 5.32 Å². The van der Waals surface area contributed by atoms with Gasteiger partial charge in [-0.05, 0) is 6.42 Å². The van der Waals surface area contributed by atoms with Crippen molar-refractivity contribution >= 4 is 20.4 Å². The van der Waals surface area contributed by atoms with Gasteiger partial charge in [-0.25, -0.2) is 4.79 Å². The summed E-state index contributed by atoms with van der Waals surface area (Å²) >= 11 is 0. The summed E-state index contributed by atoms with van der Waals surface area (Å²) in [6, 6.07) is 0.